The van der Waals surface area contributed by atoms with Gasteiger partial charge in [0.05, 0.1) is 5.60 Å². The van der Waals surface area contributed by atoms with Gasteiger partial charge in [-0.2, -0.15) is 0 Å². The largest absolute Gasteiger partial charge is 0.390 e. The van der Waals surface area contributed by atoms with E-state index in [9.17, 15) is 5.11 Å². The van der Waals surface area contributed by atoms with Crippen molar-refractivity contribution >= 4 is 0 Å². The molecule has 1 aliphatic carbocycles. The molecule has 60 valence electrons. The third kappa shape index (κ3) is 1.06. The Morgan fingerprint density at radius 3 is 2.50 bits per heavy atom. The Hall–Kier alpha value is -0.0800. The van der Waals surface area contributed by atoms with Crippen LogP contribution < -0.4 is 5.73 Å². The lowest BCUT2D eigenvalue weighted by molar-refractivity contribution is -0.127. The van der Waals surface area contributed by atoms with Gasteiger partial charge < -0.3 is 10.8 Å². The predicted molar refractivity (Wildman–Crippen MR) is 41.6 cm³/mol. The van der Waals surface area contributed by atoms with Crippen molar-refractivity contribution < 1.29 is 5.11 Å². The van der Waals surface area contributed by atoms with E-state index in [0.717, 1.165) is 12.8 Å². The standard InChI is InChI=1S/C8H17NO/c1-6-5-8(10,3-4-9)7(6)2/h6-7,10H,3-5,9H2,1-2H3. The summed E-state index contributed by atoms with van der Waals surface area (Å²) in [5.41, 5.74) is 4.95. The Morgan fingerprint density at radius 2 is 2.20 bits per heavy atom. The van der Waals surface area contributed by atoms with Crippen molar-refractivity contribution in [1.82, 2.24) is 0 Å². The van der Waals surface area contributed by atoms with Crippen LogP contribution in [0.25, 0.3) is 0 Å². The first-order chi connectivity index (χ1) is 4.60. The topological polar surface area (TPSA) is 46.2 Å². The molecule has 3 N–H and O–H groups in total. The summed E-state index contributed by atoms with van der Waals surface area (Å²) in [4.78, 5) is 0. The van der Waals surface area contributed by atoms with Crippen LogP contribution >= 0.6 is 0 Å². The predicted octanol–water partition coefficient (Wildman–Crippen LogP) is 0.742. The molecule has 0 aliphatic heterocycles. The molecule has 2 heteroatoms. The van der Waals surface area contributed by atoms with E-state index in [2.05, 4.69) is 13.8 Å². The maximum absolute atomic E-state index is 9.77. The molecule has 10 heavy (non-hydrogen) atoms. The molecule has 1 aliphatic rings. The van der Waals surface area contributed by atoms with Crippen LogP contribution in [-0.4, -0.2) is 17.3 Å². The molecule has 1 fully saturated rings. The molecular weight excluding hydrogens is 126 g/mol. The molecule has 0 amide bonds. The van der Waals surface area contributed by atoms with E-state index < -0.39 is 5.60 Å². The summed E-state index contributed by atoms with van der Waals surface area (Å²) in [6, 6.07) is 0. The zero-order chi connectivity index (χ0) is 7.78. The minimum Gasteiger partial charge on any atom is -0.390 e. The summed E-state index contributed by atoms with van der Waals surface area (Å²) in [5, 5.41) is 9.77. The zero-order valence-electron chi connectivity index (χ0n) is 6.80. The highest BCUT2D eigenvalue weighted by Crippen LogP contribution is 2.45. The fourth-order valence-electron chi connectivity index (χ4n) is 1.87. The van der Waals surface area contributed by atoms with Gasteiger partial charge in [-0.1, -0.05) is 13.8 Å². The van der Waals surface area contributed by atoms with Gasteiger partial charge in [-0.05, 0) is 31.2 Å². The van der Waals surface area contributed by atoms with Gasteiger partial charge in [-0.3, -0.25) is 0 Å². The Bertz CT molecular complexity index is 122. The molecule has 1 rings (SSSR count). The molecule has 0 heterocycles. The lowest BCUT2D eigenvalue weighted by Gasteiger charge is -2.49. The lowest BCUT2D eigenvalue weighted by atomic mass is 9.61. The maximum Gasteiger partial charge on any atom is 0.0690 e. The van der Waals surface area contributed by atoms with Gasteiger partial charge in [0.2, 0.25) is 0 Å². The smallest absolute Gasteiger partial charge is 0.0690 e. The van der Waals surface area contributed by atoms with Crippen LogP contribution in [0.1, 0.15) is 26.7 Å². The number of aliphatic hydroxyl groups is 1. The van der Waals surface area contributed by atoms with E-state index in [1.165, 1.54) is 0 Å². The van der Waals surface area contributed by atoms with Gasteiger partial charge in [0.25, 0.3) is 0 Å². The van der Waals surface area contributed by atoms with Crippen molar-refractivity contribution in [3.8, 4) is 0 Å². The number of nitrogens with two attached hydrogens (primary N) is 1. The van der Waals surface area contributed by atoms with E-state index in [1.807, 2.05) is 0 Å². The molecule has 2 nitrogen and oxygen atoms in total. The molecule has 0 aromatic rings. The van der Waals surface area contributed by atoms with Crippen LogP contribution in [0.5, 0.6) is 0 Å². The molecular formula is C8H17NO. The van der Waals surface area contributed by atoms with E-state index in [4.69, 9.17) is 5.73 Å². The summed E-state index contributed by atoms with van der Waals surface area (Å²) < 4.78 is 0. The molecule has 3 atom stereocenters. The van der Waals surface area contributed by atoms with Crippen molar-refractivity contribution in [2.24, 2.45) is 17.6 Å². The van der Waals surface area contributed by atoms with E-state index >= 15 is 0 Å². The van der Waals surface area contributed by atoms with Crippen LogP contribution in [0.15, 0.2) is 0 Å². The summed E-state index contributed by atoms with van der Waals surface area (Å²) in [7, 11) is 0. The number of rotatable bonds is 2. The van der Waals surface area contributed by atoms with Gasteiger partial charge in [0.1, 0.15) is 0 Å². The average molecular weight is 143 g/mol. The minimum atomic E-state index is -0.422. The Morgan fingerprint density at radius 1 is 1.60 bits per heavy atom. The molecule has 0 radical (unpaired) electrons. The highest BCUT2D eigenvalue weighted by molar-refractivity contribution is 4.98. The Balaban J connectivity index is 2.41. The van der Waals surface area contributed by atoms with Gasteiger partial charge in [0.15, 0.2) is 0 Å². The lowest BCUT2D eigenvalue weighted by Crippen LogP contribution is -2.52. The van der Waals surface area contributed by atoms with Gasteiger partial charge in [-0.15, -0.1) is 0 Å². The van der Waals surface area contributed by atoms with Crippen molar-refractivity contribution in [3.05, 3.63) is 0 Å². The molecule has 1 saturated carbocycles. The molecule has 0 aromatic carbocycles. The quantitative estimate of drug-likeness (QED) is 0.599. The third-order valence-electron chi connectivity index (χ3n) is 2.95. The van der Waals surface area contributed by atoms with Crippen LogP contribution in [-0.2, 0) is 0 Å². The second kappa shape index (κ2) is 2.51. The molecule has 0 bridgehead atoms. The second-order valence-electron chi connectivity index (χ2n) is 3.61. The highest BCUT2D eigenvalue weighted by Gasteiger charge is 2.46. The van der Waals surface area contributed by atoms with Crippen molar-refractivity contribution in [3.63, 3.8) is 0 Å². The summed E-state index contributed by atoms with van der Waals surface area (Å²) in [6.07, 6.45) is 1.70. The Labute approximate surface area is 62.4 Å². The fourth-order valence-corrected chi connectivity index (χ4v) is 1.87. The van der Waals surface area contributed by atoms with Gasteiger partial charge in [0, 0.05) is 0 Å². The van der Waals surface area contributed by atoms with Crippen molar-refractivity contribution in [2.75, 3.05) is 6.54 Å². The summed E-state index contributed by atoms with van der Waals surface area (Å²) in [6.45, 7) is 4.88. The van der Waals surface area contributed by atoms with Crippen LogP contribution in [0.3, 0.4) is 0 Å². The SMILES string of the molecule is CC1CC(O)(CCN)C1C. The van der Waals surface area contributed by atoms with Crippen molar-refractivity contribution in [1.29, 1.82) is 0 Å². The first-order valence-electron chi connectivity index (χ1n) is 4.02. The van der Waals surface area contributed by atoms with Crippen LogP contribution in [0.2, 0.25) is 0 Å². The molecule has 0 aromatic heterocycles. The third-order valence-corrected chi connectivity index (χ3v) is 2.95. The van der Waals surface area contributed by atoms with E-state index in [1.54, 1.807) is 0 Å². The normalized spacial score (nSPS) is 46.8. The molecule has 3 unspecified atom stereocenters. The number of hydrogen-bond donors (Lipinski definition) is 2. The Kier molecular flexibility index (Phi) is 2.02. The second-order valence-corrected chi connectivity index (χ2v) is 3.61. The van der Waals surface area contributed by atoms with E-state index in [0.29, 0.717) is 18.4 Å². The first-order valence-corrected chi connectivity index (χ1v) is 4.02. The molecule has 0 spiro atoms. The first kappa shape index (κ1) is 8.02. The average Bonchev–Trinajstić information content (AvgIpc) is 1.88. The highest BCUT2D eigenvalue weighted by atomic mass is 16.3. The van der Waals surface area contributed by atoms with E-state index in [-0.39, 0.29) is 0 Å². The van der Waals surface area contributed by atoms with Crippen LogP contribution in [0, 0.1) is 11.8 Å². The summed E-state index contributed by atoms with van der Waals surface area (Å²) >= 11 is 0. The zero-order valence-corrected chi connectivity index (χ0v) is 6.80. The van der Waals surface area contributed by atoms with Crippen molar-refractivity contribution in [2.45, 2.75) is 32.3 Å². The monoisotopic (exact) mass is 143 g/mol. The van der Waals surface area contributed by atoms with Crippen LogP contribution in [0.4, 0.5) is 0 Å². The molecule has 0 saturated heterocycles. The minimum absolute atomic E-state index is 0.422. The summed E-state index contributed by atoms with van der Waals surface area (Å²) in [5.74, 6) is 1.12. The van der Waals surface area contributed by atoms with Gasteiger partial charge in [-0.25, -0.2) is 0 Å². The number of hydrogen-bond acceptors (Lipinski definition) is 2. The maximum atomic E-state index is 9.77. The van der Waals surface area contributed by atoms with Gasteiger partial charge >= 0.3 is 0 Å². The fraction of sp³-hybridized carbons (Fsp3) is 1.00.